The predicted molar refractivity (Wildman–Crippen MR) is 110 cm³/mol. The molecule has 8 heteroatoms. The van der Waals surface area contributed by atoms with E-state index in [9.17, 15) is 0 Å². The van der Waals surface area contributed by atoms with E-state index in [2.05, 4.69) is 19.9 Å². The minimum atomic E-state index is 0.419. The molecule has 0 atom stereocenters. The third-order valence-corrected chi connectivity index (χ3v) is 4.89. The molecule has 1 saturated carbocycles. The largest absolute Gasteiger partial charge is 0.497 e. The molecule has 0 bridgehead atoms. The first-order valence-electron chi connectivity index (χ1n) is 9.40. The maximum atomic E-state index is 5.34. The first-order valence-corrected chi connectivity index (χ1v) is 9.40. The number of hydrogen-bond acceptors (Lipinski definition) is 7. The van der Waals surface area contributed by atoms with Crippen molar-refractivity contribution in [1.82, 2.24) is 24.5 Å². The van der Waals surface area contributed by atoms with Crippen LogP contribution in [0, 0.1) is 0 Å². The van der Waals surface area contributed by atoms with Gasteiger partial charge in [-0.2, -0.15) is 4.98 Å². The van der Waals surface area contributed by atoms with Crippen LogP contribution < -0.4 is 14.8 Å². The summed E-state index contributed by atoms with van der Waals surface area (Å²) >= 11 is 0. The van der Waals surface area contributed by atoms with Crippen LogP contribution in [0.2, 0.25) is 0 Å². The second-order valence-corrected chi connectivity index (χ2v) is 6.90. The van der Waals surface area contributed by atoms with E-state index in [4.69, 9.17) is 19.4 Å². The van der Waals surface area contributed by atoms with Gasteiger partial charge in [0.25, 0.3) is 0 Å². The van der Waals surface area contributed by atoms with E-state index in [0.717, 1.165) is 41.1 Å². The van der Waals surface area contributed by atoms with Crippen molar-refractivity contribution in [3.8, 4) is 22.9 Å². The Kier molecular flexibility index (Phi) is 4.23. The summed E-state index contributed by atoms with van der Waals surface area (Å²) in [5, 5.41) is 3.25. The minimum Gasteiger partial charge on any atom is -0.497 e. The summed E-state index contributed by atoms with van der Waals surface area (Å²) in [4.78, 5) is 18.1. The molecule has 1 aliphatic carbocycles. The number of imidazole rings is 1. The molecule has 1 fully saturated rings. The van der Waals surface area contributed by atoms with Gasteiger partial charge in [-0.3, -0.25) is 4.98 Å². The molecule has 8 nitrogen and oxygen atoms in total. The summed E-state index contributed by atoms with van der Waals surface area (Å²) in [7, 11) is 3.24. The fourth-order valence-corrected chi connectivity index (χ4v) is 3.34. The molecule has 3 heterocycles. The van der Waals surface area contributed by atoms with Crippen LogP contribution in [0.5, 0.6) is 11.5 Å². The van der Waals surface area contributed by atoms with Crippen molar-refractivity contribution in [2.75, 3.05) is 19.5 Å². The molecule has 1 N–H and O–H groups in total. The van der Waals surface area contributed by atoms with Crippen molar-refractivity contribution in [2.24, 2.45) is 0 Å². The van der Waals surface area contributed by atoms with Crippen LogP contribution in [0.3, 0.4) is 0 Å². The number of methoxy groups -OCH3 is 2. The van der Waals surface area contributed by atoms with Gasteiger partial charge in [-0.25, -0.2) is 9.97 Å². The first kappa shape index (κ1) is 17.4. The van der Waals surface area contributed by atoms with Crippen molar-refractivity contribution in [3.05, 3.63) is 48.9 Å². The van der Waals surface area contributed by atoms with Crippen LogP contribution >= 0.6 is 0 Å². The Morgan fingerprint density at radius 3 is 2.38 bits per heavy atom. The average Bonchev–Trinajstić information content (AvgIpc) is 3.53. The van der Waals surface area contributed by atoms with Gasteiger partial charge in [0.1, 0.15) is 22.8 Å². The molecule has 1 aliphatic rings. The molecule has 146 valence electrons. The highest BCUT2D eigenvalue weighted by atomic mass is 16.5. The molecule has 5 rings (SSSR count). The summed E-state index contributed by atoms with van der Waals surface area (Å²) in [6.07, 6.45) is 7.57. The fourth-order valence-electron chi connectivity index (χ4n) is 3.34. The van der Waals surface area contributed by atoms with E-state index >= 15 is 0 Å². The highest BCUT2D eigenvalue weighted by molar-refractivity contribution is 5.78. The lowest BCUT2D eigenvalue weighted by Crippen LogP contribution is -2.02. The highest BCUT2D eigenvalue weighted by Gasteiger charge is 2.29. The van der Waals surface area contributed by atoms with E-state index in [-0.39, 0.29) is 0 Å². The van der Waals surface area contributed by atoms with Crippen molar-refractivity contribution < 1.29 is 9.47 Å². The number of aromatic nitrogens is 5. The number of rotatable bonds is 6. The minimum absolute atomic E-state index is 0.419. The van der Waals surface area contributed by atoms with Crippen LogP contribution in [0.4, 0.5) is 11.6 Å². The van der Waals surface area contributed by atoms with E-state index in [1.54, 1.807) is 32.8 Å². The van der Waals surface area contributed by atoms with E-state index < -0.39 is 0 Å². The number of nitrogens with zero attached hydrogens (tertiary/aromatic N) is 5. The lowest BCUT2D eigenvalue weighted by atomic mass is 10.2. The third-order valence-electron chi connectivity index (χ3n) is 4.89. The van der Waals surface area contributed by atoms with Crippen molar-refractivity contribution in [1.29, 1.82) is 0 Å². The molecule has 4 aromatic rings. The number of anilines is 2. The molecule has 29 heavy (non-hydrogen) atoms. The monoisotopic (exact) mass is 388 g/mol. The summed E-state index contributed by atoms with van der Waals surface area (Å²) in [5.41, 5.74) is 3.41. The number of nitrogens with one attached hydrogen (secondary N) is 1. The maximum Gasteiger partial charge on any atom is 0.229 e. The predicted octanol–water partition coefficient (Wildman–Crippen LogP) is 3.98. The van der Waals surface area contributed by atoms with Crippen LogP contribution in [-0.2, 0) is 0 Å². The second kappa shape index (κ2) is 7.05. The molecule has 0 saturated heterocycles. The standard InChI is InChI=1S/C21H20N6O2/c1-28-16-9-14(10-17(11-16)29-2)24-21-23-12-18-20(26-21)27(15-3-4-15)19(25-18)13-5-7-22-8-6-13/h5-12,15H,3-4H2,1-2H3,(H,23,24,26). The third kappa shape index (κ3) is 3.33. The zero-order chi connectivity index (χ0) is 19.8. The van der Waals surface area contributed by atoms with Crippen molar-refractivity contribution >= 4 is 22.8 Å². The Labute approximate surface area is 167 Å². The van der Waals surface area contributed by atoms with Crippen LogP contribution in [0.15, 0.2) is 48.9 Å². The van der Waals surface area contributed by atoms with Gasteiger partial charge in [-0.1, -0.05) is 0 Å². The SMILES string of the molecule is COc1cc(Nc2ncc3nc(-c4ccncc4)n(C4CC4)c3n2)cc(OC)c1. The molecule has 0 aliphatic heterocycles. The van der Waals surface area contributed by atoms with Gasteiger partial charge in [-0.05, 0) is 25.0 Å². The molecule has 0 amide bonds. The van der Waals surface area contributed by atoms with Crippen LogP contribution in [0.1, 0.15) is 18.9 Å². The van der Waals surface area contributed by atoms with Crippen molar-refractivity contribution in [3.63, 3.8) is 0 Å². The van der Waals surface area contributed by atoms with Gasteiger partial charge < -0.3 is 19.4 Å². The number of benzene rings is 1. The number of fused-ring (bicyclic) bond motifs is 1. The smallest absolute Gasteiger partial charge is 0.229 e. The number of hydrogen-bond donors (Lipinski definition) is 1. The Hall–Kier alpha value is -3.68. The Morgan fingerprint density at radius 1 is 1.00 bits per heavy atom. The van der Waals surface area contributed by atoms with Crippen LogP contribution in [0.25, 0.3) is 22.6 Å². The van der Waals surface area contributed by atoms with Crippen molar-refractivity contribution in [2.45, 2.75) is 18.9 Å². The topological polar surface area (TPSA) is 87.0 Å². The summed E-state index contributed by atoms with van der Waals surface area (Å²) in [6.45, 7) is 0. The summed E-state index contributed by atoms with van der Waals surface area (Å²) in [6, 6.07) is 9.92. The average molecular weight is 388 g/mol. The maximum absolute atomic E-state index is 5.34. The first-order chi connectivity index (χ1) is 14.2. The van der Waals surface area contributed by atoms with E-state index in [1.165, 1.54) is 0 Å². The second-order valence-electron chi connectivity index (χ2n) is 6.90. The zero-order valence-corrected chi connectivity index (χ0v) is 16.2. The number of ether oxygens (including phenoxy) is 2. The van der Waals surface area contributed by atoms with Gasteiger partial charge in [-0.15, -0.1) is 0 Å². The van der Waals surface area contributed by atoms with Gasteiger partial charge in [0.2, 0.25) is 5.95 Å². The quantitative estimate of drug-likeness (QED) is 0.534. The molecule has 0 radical (unpaired) electrons. The summed E-state index contributed by atoms with van der Waals surface area (Å²) in [5.74, 6) is 2.78. The lowest BCUT2D eigenvalue weighted by Gasteiger charge is -2.10. The molecule has 0 unspecified atom stereocenters. The molecular weight excluding hydrogens is 368 g/mol. The highest BCUT2D eigenvalue weighted by Crippen LogP contribution is 2.40. The van der Waals surface area contributed by atoms with E-state index in [0.29, 0.717) is 23.5 Å². The zero-order valence-electron chi connectivity index (χ0n) is 16.2. The molecule has 1 aromatic carbocycles. The van der Waals surface area contributed by atoms with Gasteiger partial charge in [0, 0.05) is 47.9 Å². The van der Waals surface area contributed by atoms with Gasteiger partial charge in [0.15, 0.2) is 5.65 Å². The molecular formula is C21H20N6O2. The van der Waals surface area contributed by atoms with E-state index in [1.807, 2.05) is 30.3 Å². The number of pyridine rings is 1. The fraction of sp³-hybridized carbons (Fsp3) is 0.238. The lowest BCUT2D eigenvalue weighted by molar-refractivity contribution is 0.395. The molecule has 3 aromatic heterocycles. The van der Waals surface area contributed by atoms with Crippen LogP contribution in [-0.4, -0.2) is 38.7 Å². The Balaban J connectivity index is 1.56. The van der Waals surface area contributed by atoms with Gasteiger partial charge in [0.05, 0.1) is 20.4 Å². The Morgan fingerprint density at radius 2 is 1.72 bits per heavy atom. The molecule has 0 spiro atoms. The Bertz CT molecular complexity index is 1150. The summed E-state index contributed by atoms with van der Waals surface area (Å²) < 4.78 is 12.9. The normalized spacial score (nSPS) is 13.4. The van der Waals surface area contributed by atoms with Gasteiger partial charge >= 0.3 is 0 Å².